The van der Waals surface area contributed by atoms with E-state index in [4.69, 9.17) is 9.26 Å². The van der Waals surface area contributed by atoms with E-state index in [0.717, 1.165) is 65.6 Å². The van der Waals surface area contributed by atoms with E-state index in [9.17, 15) is 9.59 Å². The van der Waals surface area contributed by atoms with Crippen molar-refractivity contribution in [2.45, 2.75) is 40.2 Å². The molecule has 9 heteroatoms. The molecular formula is C32H41N5O4. The molecule has 3 aromatic rings. The van der Waals surface area contributed by atoms with Gasteiger partial charge in [0.15, 0.2) is 0 Å². The number of hydrogen-bond acceptors (Lipinski definition) is 7. The zero-order chi connectivity index (χ0) is 28.9. The van der Waals surface area contributed by atoms with E-state index < -0.39 is 0 Å². The maximum Gasteiger partial charge on any atom is 0.251 e. The number of fused-ring (bicyclic) bond motifs is 3. The van der Waals surface area contributed by atoms with Crippen molar-refractivity contribution in [1.82, 2.24) is 25.2 Å². The second-order valence-corrected chi connectivity index (χ2v) is 11.3. The maximum absolute atomic E-state index is 13.4. The molecule has 2 aromatic carbocycles. The number of benzene rings is 2. The first-order valence-electron chi connectivity index (χ1n) is 14.6. The Morgan fingerprint density at radius 1 is 1.00 bits per heavy atom. The summed E-state index contributed by atoms with van der Waals surface area (Å²) in [5, 5.41) is 7.12. The number of aromatic nitrogens is 1. The van der Waals surface area contributed by atoms with Gasteiger partial charge in [-0.05, 0) is 68.7 Å². The van der Waals surface area contributed by atoms with Crippen molar-refractivity contribution < 1.29 is 18.8 Å². The molecule has 3 heterocycles. The number of aryl methyl sites for hydroxylation is 2. The minimum Gasteiger partial charge on any atom is -0.491 e. The number of ether oxygens (including phenoxy) is 1. The van der Waals surface area contributed by atoms with Crippen molar-refractivity contribution in [2.24, 2.45) is 0 Å². The van der Waals surface area contributed by atoms with Crippen LogP contribution >= 0.6 is 0 Å². The van der Waals surface area contributed by atoms with Crippen molar-refractivity contribution in [3.63, 3.8) is 0 Å². The van der Waals surface area contributed by atoms with Crippen LogP contribution in [0, 0.1) is 13.8 Å². The first-order valence-corrected chi connectivity index (χ1v) is 14.6. The average molecular weight is 560 g/mol. The van der Waals surface area contributed by atoms with Gasteiger partial charge >= 0.3 is 0 Å². The quantitative estimate of drug-likeness (QED) is 0.523. The summed E-state index contributed by atoms with van der Waals surface area (Å²) in [6.07, 6.45) is 0.596. The SMILES string of the molecule is Cc1noc(C)c1-c1ccc2c(c1)Cc1cccc(c1)C(=O)NCCN(C(=O)CN1CCN(C(C)C)CC1)CCO2. The molecule has 2 amide bonds. The highest BCUT2D eigenvalue weighted by molar-refractivity contribution is 5.94. The van der Waals surface area contributed by atoms with Crippen LogP contribution in [0.1, 0.15) is 46.8 Å². The van der Waals surface area contributed by atoms with Gasteiger partial charge in [0.2, 0.25) is 5.91 Å². The van der Waals surface area contributed by atoms with Gasteiger partial charge in [0.05, 0.1) is 18.8 Å². The van der Waals surface area contributed by atoms with Crippen LogP contribution in [-0.2, 0) is 11.2 Å². The summed E-state index contributed by atoms with van der Waals surface area (Å²) in [6, 6.07) is 14.3. The molecule has 0 atom stereocenters. The summed E-state index contributed by atoms with van der Waals surface area (Å²) in [6.45, 7) is 13.9. The van der Waals surface area contributed by atoms with Crippen LogP contribution in [0.5, 0.6) is 5.75 Å². The van der Waals surface area contributed by atoms with E-state index >= 15 is 0 Å². The third kappa shape index (κ3) is 6.97. The number of carbonyl (C=O) groups excluding carboxylic acids is 2. The molecule has 0 radical (unpaired) electrons. The maximum atomic E-state index is 13.4. The highest BCUT2D eigenvalue weighted by Gasteiger charge is 2.23. The molecule has 0 spiro atoms. The lowest BCUT2D eigenvalue weighted by molar-refractivity contribution is -0.133. The Hall–Kier alpha value is -3.69. The molecule has 5 rings (SSSR count). The van der Waals surface area contributed by atoms with Gasteiger partial charge < -0.3 is 19.5 Å². The molecule has 0 unspecified atom stereocenters. The molecule has 2 bridgehead atoms. The van der Waals surface area contributed by atoms with Gasteiger partial charge in [-0.25, -0.2) is 0 Å². The standard InChI is InChI=1S/C32H41N5O4/c1-22(2)36-14-12-35(13-15-36)21-30(38)37-11-10-33-32(39)27-7-5-6-25(18-27)19-28-20-26(8-9-29(28)40-17-16-37)31-23(3)34-41-24(31)4/h5-9,18,20,22H,10-17,19,21H2,1-4H3,(H,33,39). The molecule has 0 saturated carbocycles. The fourth-order valence-electron chi connectivity index (χ4n) is 5.71. The van der Waals surface area contributed by atoms with E-state index in [0.29, 0.717) is 50.8 Å². The zero-order valence-corrected chi connectivity index (χ0v) is 24.6. The van der Waals surface area contributed by atoms with Crippen LogP contribution < -0.4 is 10.1 Å². The van der Waals surface area contributed by atoms with E-state index in [1.165, 1.54) is 0 Å². The first-order chi connectivity index (χ1) is 19.8. The minimum atomic E-state index is -0.137. The Kier molecular flexibility index (Phi) is 9.05. The van der Waals surface area contributed by atoms with Crippen molar-refractivity contribution in [2.75, 3.05) is 59.0 Å². The van der Waals surface area contributed by atoms with E-state index in [1.54, 1.807) is 0 Å². The van der Waals surface area contributed by atoms with Gasteiger partial charge in [0, 0.05) is 62.9 Å². The Morgan fingerprint density at radius 2 is 1.80 bits per heavy atom. The molecular weight excluding hydrogens is 518 g/mol. The third-order valence-corrected chi connectivity index (χ3v) is 8.10. The van der Waals surface area contributed by atoms with E-state index in [2.05, 4.69) is 40.2 Å². The van der Waals surface area contributed by atoms with Crippen molar-refractivity contribution >= 4 is 11.8 Å². The first kappa shape index (κ1) is 28.8. The summed E-state index contributed by atoms with van der Waals surface area (Å²) in [5.41, 5.74) is 5.44. The molecule has 1 fully saturated rings. The second-order valence-electron chi connectivity index (χ2n) is 11.3. The second kappa shape index (κ2) is 12.9. The normalized spacial score (nSPS) is 17.5. The minimum absolute atomic E-state index is 0.0592. The van der Waals surface area contributed by atoms with Gasteiger partial charge in [-0.2, -0.15) is 0 Å². The lowest BCUT2D eigenvalue weighted by atomic mass is 9.96. The molecule has 41 heavy (non-hydrogen) atoms. The number of hydrogen-bond donors (Lipinski definition) is 1. The van der Waals surface area contributed by atoms with Crippen molar-refractivity contribution in [3.05, 3.63) is 70.6 Å². The lowest BCUT2D eigenvalue weighted by Crippen LogP contribution is -2.52. The Morgan fingerprint density at radius 3 is 2.54 bits per heavy atom. The van der Waals surface area contributed by atoms with Crippen LogP contribution in [0.3, 0.4) is 0 Å². The van der Waals surface area contributed by atoms with Gasteiger partial charge in [-0.15, -0.1) is 0 Å². The van der Waals surface area contributed by atoms with Crippen molar-refractivity contribution in [1.29, 1.82) is 0 Å². The number of rotatable bonds is 4. The Balaban J connectivity index is 1.36. The number of nitrogens with zero attached hydrogens (tertiary/aromatic N) is 4. The third-order valence-electron chi connectivity index (χ3n) is 8.10. The summed E-state index contributed by atoms with van der Waals surface area (Å²) >= 11 is 0. The fourth-order valence-corrected chi connectivity index (χ4v) is 5.71. The van der Waals surface area contributed by atoms with E-state index in [-0.39, 0.29) is 11.8 Å². The predicted octanol–water partition coefficient (Wildman–Crippen LogP) is 3.53. The van der Waals surface area contributed by atoms with Crippen molar-refractivity contribution in [3.8, 4) is 16.9 Å². The molecule has 218 valence electrons. The zero-order valence-electron chi connectivity index (χ0n) is 24.6. The number of carbonyl (C=O) groups is 2. The van der Waals surface area contributed by atoms with Gasteiger partial charge in [-0.1, -0.05) is 23.4 Å². The molecule has 0 aliphatic carbocycles. The summed E-state index contributed by atoms with van der Waals surface area (Å²) in [7, 11) is 0. The molecule has 9 nitrogen and oxygen atoms in total. The van der Waals surface area contributed by atoms with E-state index in [1.807, 2.05) is 55.1 Å². The molecule has 1 aromatic heterocycles. The van der Waals surface area contributed by atoms with Crippen LogP contribution in [0.25, 0.3) is 11.1 Å². The molecule has 2 aliphatic rings. The number of amides is 2. The summed E-state index contributed by atoms with van der Waals surface area (Å²) < 4.78 is 11.7. The van der Waals surface area contributed by atoms with Crippen LogP contribution in [0.2, 0.25) is 0 Å². The van der Waals surface area contributed by atoms with Gasteiger partial charge in [0.1, 0.15) is 18.1 Å². The van der Waals surface area contributed by atoms with Crippen LogP contribution in [0.15, 0.2) is 47.0 Å². The smallest absolute Gasteiger partial charge is 0.251 e. The average Bonchev–Trinajstić information content (AvgIpc) is 3.30. The molecule has 1 N–H and O–H groups in total. The lowest BCUT2D eigenvalue weighted by Gasteiger charge is -2.37. The summed E-state index contributed by atoms with van der Waals surface area (Å²) in [4.78, 5) is 32.9. The van der Waals surface area contributed by atoms with Crippen LogP contribution in [0.4, 0.5) is 0 Å². The van der Waals surface area contributed by atoms with Gasteiger partial charge in [-0.3, -0.25) is 19.4 Å². The highest BCUT2D eigenvalue weighted by atomic mass is 16.5. The molecule has 1 saturated heterocycles. The monoisotopic (exact) mass is 559 g/mol. The van der Waals surface area contributed by atoms with Gasteiger partial charge in [0.25, 0.3) is 5.91 Å². The highest BCUT2D eigenvalue weighted by Crippen LogP contribution is 2.32. The number of nitrogens with one attached hydrogen (secondary N) is 1. The Bertz CT molecular complexity index is 1360. The largest absolute Gasteiger partial charge is 0.491 e. The van der Waals surface area contributed by atoms with Crippen LogP contribution in [-0.4, -0.2) is 96.7 Å². The predicted molar refractivity (Wildman–Crippen MR) is 158 cm³/mol. The Labute approximate surface area is 242 Å². The molecule has 2 aliphatic heterocycles. The number of piperazine rings is 1. The topological polar surface area (TPSA) is 91.1 Å². The fraction of sp³-hybridized carbons (Fsp3) is 0.469. The summed E-state index contributed by atoms with van der Waals surface area (Å²) in [5.74, 6) is 1.46.